The van der Waals surface area contributed by atoms with Crippen LogP contribution in [0, 0.1) is 0 Å². The van der Waals surface area contributed by atoms with Gasteiger partial charge in [-0.1, -0.05) is 115 Å². The summed E-state index contributed by atoms with van der Waals surface area (Å²) in [6, 6.07) is 58.4. The summed E-state index contributed by atoms with van der Waals surface area (Å²) in [6.07, 6.45) is 0.676. The summed E-state index contributed by atoms with van der Waals surface area (Å²) in [6.45, 7) is 0. The molecule has 0 radical (unpaired) electrons. The maximum Gasteiger partial charge on any atom is 0.144 e. The van der Waals surface area contributed by atoms with E-state index in [-0.39, 0.29) is 0 Å². The third-order valence-corrected chi connectivity index (χ3v) is 9.42. The molecular formula is C43H31BN2O. The van der Waals surface area contributed by atoms with Gasteiger partial charge in [-0.05, 0) is 59.6 Å². The Morgan fingerprint density at radius 2 is 0.809 bits per heavy atom. The lowest BCUT2D eigenvalue weighted by atomic mass is 9.95. The molecule has 0 bridgehead atoms. The number of hydrogen-bond acceptors (Lipinski definition) is 1. The van der Waals surface area contributed by atoms with Gasteiger partial charge in [-0.15, -0.1) is 0 Å². The second kappa shape index (κ2) is 11.1. The molecule has 0 saturated carbocycles. The summed E-state index contributed by atoms with van der Waals surface area (Å²) in [5.74, 6) is 1.74. The van der Waals surface area contributed by atoms with Gasteiger partial charge in [0.25, 0.3) is 0 Å². The number of ether oxygens (including phenoxy) is 1. The Morgan fingerprint density at radius 3 is 1.30 bits per heavy atom. The molecule has 47 heavy (non-hydrogen) atoms. The molecule has 2 aromatic heterocycles. The van der Waals surface area contributed by atoms with Crippen LogP contribution in [0.2, 0.25) is 0 Å². The molecule has 0 atom stereocenters. The van der Waals surface area contributed by atoms with Crippen LogP contribution in [0.1, 0.15) is 11.1 Å². The molecule has 0 amide bonds. The van der Waals surface area contributed by atoms with E-state index in [4.69, 9.17) is 4.74 Å². The molecule has 4 heteroatoms. The summed E-state index contributed by atoms with van der Waals surface area (Å²) < 4.78 is 11.5. The van der Waals surface area contributed by atoms with E-state index in [1.165, 1.54) is 49.2 Å². The maximum atomic E-state index is 6.64. The molecule has 0 aliphatic carbocycles. The molecule has 0 aliphatic rings. The van der Waals surface area contributed by atoms with Crippen molar-refractivity contribution in [2.24, 2.45) is 0 Å². The number of rotatable bonds is 6. The van der Waals surface area contributed by atoms with Gasteiger partial charge in [-0.3, -0.25) is 0 Å². The summed E-state index contributed by atoms with van der Waals surface area (Å²) in [7, 11) is 2.09. The van der Waals surface area contributed by atoms with Gasteiger partial charge in [0.2, 0.25) is 0 Å². The van der Waals surface area contributed by atoms with Crippen molar-refractivity contribution in [1.82, 2.24) is 9.13 Å². The molecule has 0 fully saturated rings. The third-order valence-electron chi connectivity index (χ3n) is 9.42. The van der Waals surface area contributed by atoms with E-state index in [9.17, 15) is 0 Å². The molecule has 9 rings (SSSR count). The summed E-state index contributed by atoms with van der Waals surface area (Å²) in [5.41, 5.74) is 10.6. The molecule has 0 unspecified atom stereocenters. The van der Waals surface area contributed by atoms with Crippen molar-refractivity contribution < 1.29 is 4.74 Å². The normalized spacial score (nSPS) is 11.6. The first-order valence-electron chi connectivity index (χ1n) is 16.2. The van der Waals surface area contributed by atoms with Crippen molar-refractivity contribution in [3.05, 3.63) is 175 Å². The van der Waals surface area contributed by atoms with Gasteiger partial charge in [0.15, 0.2) is 0 Å². The topological polar surface area (TPSA) is 19.1 Å². The van der Waals surface area contributed by atoms with E-state index in [1.807, 2.05) is 18.2 Å². The van der Waals surface area contributed by atoms with Crippen molar-refractivity contribution in [3.63, 3.8) is 0 Å². The third kappa shape index (κ3) is 4.45. The predicted octanol–water partition coefficient (Wildman–Crippen LogP) is 9.52. The van der Waals surface area contributed by atoms with Crippen molar-refractivity contribution in [3.8, 4) is 22.9 Å². The van der Waals surface area contributed by atoms with Gasteiger partial charge >= 0.3 is 0 Å². The number of nitrogens with zero attached hydrogens (tertiary/aromatic N) is 2. The van der Waals surface area contributed by atoms with Crippen LogP contribution in [-0.2, 0) is 6.42 Å². The first-order valence-corrected chi connectivity index (χ1v) is 16.2. The van der Waals surface area contributed by atoms with Gasteiger partial charge in [-0.2, -0.15) is 0 Å². The zero-order chi connectivity index (χ0) is 31.3. The Morgan fingerprint density at radius 1 is 0.404 bits per heavy atom. The maximum absolute atomic E-state index is 6.64. The second-order valence-corrected chi connectivity index (χ2v) is 12.2. The largest absolute Gasteiger partial charge is 0.458 e. The molecule has 0 aliphatic heterocycles. The van der Waals surface area contributed by atoms with Crippen molar-refractivity contribution in [2.75, 3.05) is 0 Å². The Bertz CT molecular complexity index is 2370. The average molecular weight is 603 g/mol. The summed E-state index contributed by atoms with van der Waals surface area (Å²) in [5, 5.41) is 5.00. The SMILES string of the molecule is Bc1ccccc1Oc1ccccc1Cc1c(-n2c3ccccc3c3ccccc32)cccc1-n1c2ccccc2c2ccccc21. The van der Waals surface area contributed by atoms with E-state index in [0.717, 1.165) is 33.9 Å². The first kappa shape index (κ1) is 27.3. The Kier molecular flexibility index (Phi) is 6.46. The summed E-state index contributed by atoms with van der Waals surface area (Å²) >= 11 is 0. The van der Waals surface area contributed by atoms with Crippen molar-refractivity contribution in [2.45, 2.75) is 6.42 Å². The van der Waals surface area contributed by atoms with Crippen LogP contribution in [0.3, 0.4) is 0 Å². The molecule has 0 saturated heterocycles. The molecule has 7 aromatic carbocycles. The minimum absolute atomic E-state index is 0.676. The number of fused-ring (bicyclic) bond motifs is 6. The Labute approximate surface area is 274 Å². The molecule has 222 valence electrons. The van der Waals surface area contributed by atoms with Crippen LogP contribution < -0.4 is 10.2 Å². The average Bonchev–Trinajstić information content (AvgIpc) is 3.63. The van der Waals surface area contributed by atoms with Gasteiger partial charge in [0.1, 0.15) is 19.3 Å². The van der Waals surface area contributed by atoms with E-state index in [2.05, 4.69) is 163 Å². The van der Waals surface area contributed by atoms with E-state index in [0.29, 0.717) is 6.42 Å². The highest BCUT2D eigenvalue weighted by Crippen LogP contribution is 2.39. The number of aromatic nitrogens is 2. The van der Waals surface area contributed by atoms with Gasteiger partial charge in [0, 0.05) is 33.5 Å². The zero-order valence-electron chi connectivity index (χ0n) is 26.1. The van der Waals surface area contributed by atoms with Crippen molar-refractivity contribution >= 4 is 56.9 Å². The lowest BCUT2D eigenvalue weighted by Crippen LogP contribution is -2.09. The number of para-hydroxylation sites is 6. The fourth-order valence-corrected chi connectivity index (χ4v) is 7.26. The smallest absolute Gasteiger partial charge is 0.144 e. The quantitative estimate of drug-likeness (QED) is 0.174. The van der Waals surface area contributed by atoms with Crippen LogP contribution in [0.4, 0.5) is 0 Å². The monoisotopic (exact) mass is 602 g/mol. The Balaban J connectivity index is 1.35. The number of hydrogen-bond donors (Lipinski definition) is 0. The van der Waals surface area contributed by atoms with Gasteiger partial charge in [-0.25, -0.2) is 0 Å². The predicted molar refractivity (Wildman–Crippen MR) is 199 cm³/mol. The van der Waals surface area contributed by atoms with Crippen LogP contribution in [0.5, 0.6) is 11.5 Å². The first-order chi connectivity index (χ1) is 23.3. The fraction of sp³-hybridized carbons (Fsp3) is 0.0233. The molecule has 0 N–H and O–H groups in total. The zero-order valence-corrected chi connectivity index (χ0v) is 26.1. The minimum atomic E-state index is 0.676. The lowest BCUT2D eigenvalue weighted by molar-refractivity contribution is 0.481. The molecule has 0 spiro atoms. The van der Waals surface area contributed by atoms with Crippen LogP contribution >= 0.6 is 0 Å². The second-order valence-electron chi connectivity index (χ2n) is 12.2. The number of benzene rings is 7. The minimum Gasteiger partial charge on any atom is -0.458 e. The molecule has 2 heterocycles. The Hall–Kier alpha value is -6.00. The van der Waals surface area contributed by atoms with Crippen molar-refractivity contribution in [1.29, 1.82) is 0 Å². The van der Waals surface area contributed by atoms with Gasteiger partial charge < -0.3 is 13.9 Å². The fourth-order valence-electron chi connectivity index (χ4n) is 7.26. The highest BCUT2D eigenvalue weighted by molar-refractivity contribution is 6.34. The van der Waals surface area contributed by atoms with E-state index < -0.39 is 0 Å². The molecule has 3 nitrogen and oxygen atoms in total. The highest BCUT2D eigenvalue weighted by atomic mass is 16.5. The molecule has 9 aromatic rings. The van der Waals surface area contributed by atoms with E-state index in [1.54, 1.807) is 0 Å². The highest BCUT2D eigenvalue weighted by Gasteiger charge is 2.21. The standard InChI is InChI=1S/C43H31BN2O/c44-35-19-6-12-27-43(35)47-42-26-11-1-14-29(42)28-34-40(45-36-20-7-2-15-30(36)31-16-3-8-21-37(31)45)24-13-25-41(34)46-38-22-9-4-17-32(38)33-18-5-10-23-39(33)46/h1-27H,28,44H2. The van der Waals surface area contributed by atoms with Gasteiger partial charge in [0.05, 0.1) is 33.4 Å². The molecular weight excluding hydrogens is 571 g/mol. The summed E-state index contributed by atoms with van der Waals surface area (Å²) in [4.78, 5) is 0. The van der Waals surface area contributed by atoms with E-state index >= 15 is 0 Å². The lowest BCUT2D eigenvalue weighted by Gasteiger charge is -2.21. The van der Waals surface area contributed by atoms with Crippen LogP contribution in [0.15, 0.2) is 164 Å². The van der Waals surface area contributed by atoms with Crippen LogP contribution in [0.25, 0.3) is 55.0 Å². The van der Waals surface area contributed by atoms with Crippen LogP contribution in [-0.4, -0.2) is 17.0 Å².